The van der Waals surface area contributed by atoms with Gasteiger partial charge in [-0.2, -0.15) is 0 Å². The van der Waals surface area contributed by atoms with Crippen molar-refractivity contribution in [3.8, 4) is 0 Å². The first-order valence-electron chi connectivity index (χ1n) is 12.7. The first-order chi connectivity index (χ1) is 17.3. The Morgan fingerprint density at radius 2 is 1.03 bits per heavy atom. The average Bonchev–Trinajstić information content (AvgIpc) is 2.87. The molecule has 2 aliphatic rings. The molecule has 2 aliphatic carbocycles. The second-order valence-electron chi connectivity index (χ2n) is 11.1. The van der Waals surface area contributed by atoms with E-state index in [0.717, 1.165) is 0 Å². The zero-order chi connectivity index (χ0) is 27.2. The lowest BCUT2D eigenvalue weighted by Crippen LogP contribution is -2.51. The van der Waals surface area contributed by atoms with E-state index in [0.29, 0.717) is 22.3 Å². The van der Waals surface area contributed by atoms with Gasteiger partial charge in [-0.05, 0) is 61.1 Å². The molecular formula is C30H38O7. The Balaban J connectivity index is 1.62. The fourth-order valence-electron chi connectivity index (χ4n) is 5.66. The van der Waals surface area contributed by atoms with Gasteiger partial charge in [-0.3, -0.25) is 0 Å². The Morgan fingerprint density at radius 1 is 0.676 bits per heavy atom. The van der Waals surface area contributed by atoms with Gasteiger partial charge in [0.15, 0.2) is 11.2 Å². The third-order valence-corrected chi connectivity index (χ3v) is 8.69. The van der Waals surface area contributed by atoms with E-state index in [1.807, 2.05) is 12.1 Å². The van der Waals surface area contributed by atoms with Gasteiger partial charge < -0.3 is 35.4 Å². The van der Waals surface area contributed by atoms with Crippen LogP contribution < -0.4 is 0 Å². The summed E-state index contributed by atoms with van der Waals surface area (Å²) in [6.45, 7) is 6.86. The third kappa shape index (κ3) is 4.49. The van der Waals surface area contributed by atoms with E-state index in [9.17, 15) is 30.6 Å². The molecule has 2 aromatic carbocycles. The lowest BCUT2D eigenvalue weighted by molar-refractivity contribution is -0.123. The topological polar surface area (TPSA) is 131 Å². The van der Waals surface area contributed by atoms with Crippen LogP contribution in [0.25, 0.3) is 0 Å². The van der Waals surface area contributed by atoms with Gasteiger partial charge in [0.2, 0.25) is 0 Å². The predicted octanol–water partition coefficient (Wildman–Crippen LogP) is 4.24. The number of benzene rings is 2. The van der Waals surface area contributed by atoms with Crippen molar-refractivity contribution in [1.29, 1.82) is 0 Å². The van der Waals surface area contributed by atoms with Gasteiger partial charge in [0.05, 0.1) is 24.4 Å². The van der Waals surface area contributed by atoms with Crippen LogP contribution in [0.3, 0.4) is 0 Å². The summed E-state index contributed by atoms with van der Waals surface area (Å²) < 4.78 is 6.05. The second kappa shape index (κ2) is 9.57. The molecule has 7 nitrogen and oxygen atoms in total. The van der Waals surface area contributed by atoms with Crippen molar-refractivity contribution >= 4 is 0 Å². The Kier molecular flexibility index (Phi) is 7.07. The van der Waals surface area contributed by atoms with Crippen LogP contribution in [0.2, 0.25) is 0 Å². The summed E-state index contributed by atoms with van der Waals surface area (Å²) in [6, 6.07) is 14.2. The van der Waals surface area contributed by atoms with E-state index in [-0.39, 0.29) is 37.6 Å². The van der Waals surface area contributed by atoms with Crippen LogP contribution in [0.1, 0.15) is 62.8 Å². The summed E-state index contributed by atoms with van der Waals surface area (Å²) in [5, 5.41) is 66.3. The fourth-order valence-corrected chi connectivity index (χ4v) is 5.66. The van der Waals surface area contributed by atoms with Crippen molar-refractivity contribution < 1.29 is 35.4 Å². The highest BCUT2D eigenvalue weighted by Crippen LogP contribution is 2.48. The van der Waals surface area contributed by atoms with Gasteiger partial charge in [0.1, 0.15) is 11.5 Å². The van der Waals surface area contributed by atoms with Crippen LogP contribution in [0.15, 0.2) is 72.2 Å². The molecule has 200 valence electrons. The summed E-state index contributed by atoms with van der Waals surface area (Å²) in [7, 11) is 0. The number of rotatable bonds is 6. The number of aliphatic hydroxyl groups excluding tert-OH is 2. The summed E-state index contributed by atoms with van der Waals surface area (Å²) in [4.78, 5) is 0. The molecule has 0 amide bonds. The highest BCUT2D eigenvalue weighted by molar-refractivity contribution is 5.41. The van der Waals surface area contributed by atoms with E-state index in [2.05, 4.69) is 0 Å². The Morgan fingerprint density at radius 3 is 1.41 bits per heavy atom. The fraction of sp³-hybridized carbons (Fsp3) is 0.467. The van der Waals surface area contributed by atoms with Crippen molar-refractivity contribution in [2.45, 2.75) is 76.2 Å². The summed E-state index contributed by atoms with van der Waals surface area (Å²) in [6.07, 6.45) is 3.37. The normalized spacial score (nSPS) is 36.1. The molecule has 37 heavy (non-hydrogen) atoms. The van der Waals surface area contributed by atoms with Gasteiger partial charge in [-0.25, -0.2) is 0 Å². The summed E-state index contributed by atoms with van der Waals surface area (Å²) in [5.74, 6) is -1.77. The van der Waals surface area contributed by atoms with Crippen molar-refractivity contribution in [2.24, 2.45) is 11.8 Å². The largest absolute Gasteiger partial charge is 0.509 e. The lowest BCUT2D eigenvalue weighted by Gasteiger charge is -2.45. The maximum atomic E-state index is 11.6. The molecule has 6 unspecified atom stereocenters. The van der Waals surface area contributed by atoms with E-state index < -0.39 is 34.2 Å². The number of ether oxygens (including phenoxy) is 1. The smallest absolute Gasteiger partial charge is 0.151 e. The zero-order valence-electron chi connectivity index (χ0n) is 21.8. The molecule has 0 saturated heterocycles. The van der Waals surface area contributed by atoms with Crippen molar-refractivity contribution in [2.75, 3.05) is 0 Å². The Bertz CT molecular complexity index is 1120. The molecule has 6 atom stereocenters. The highest BCUT2D eigenvalue weighted by Gasteiger charge is 2.52. The minimum absolute atomic E-state index is 0.0858. The second-order valence-corrected chi connectivity index (χ2v) is 11.1. The zero-order valence-corrected chi connectivity index (χ0v) is 21.8. The van der Waals surface area contributed by atoms with Gasteiger partial charge in [0, 0.05) is 11.8 Å². The molecule has 6 N–H and O–H groups in total. The van der Waals surface area contributed by atoms with Crippen LogP contribution in [0.4, 0.5) is 0 Å². The summed E-state index contributed by atoms with van der Waals surface area (Å²) >= 11 is 0. The van der Waals surface area contributed by atoms with Crippen molar-refractivity contribution in [3.63, 3.8) is 0 Å². The summed E-state index contributed by atoms with van der Waals surface area (Å²) in [5.41, 5.74) is -3.82. The molecule has 0 fully saturated rings. The highest BCUT2D eigenvalue weighted by atomic mass is 16.5. The Labute approximate surface area is 218 Å². The molecule has 0 heterocycles. The van der Waals surface area contributed by atoms with E-state index in [4.69, 9.17) is 4.74 Å². The van der Waals surface area contributed by atoms with Crippen LogP contribution in [-0.4, -0.2) is 41.8 Å². The number of hydrogen-bond acceptors (Lipinski definition) is 7. The quantitative estimate of drug-likeness (QED) is 0.343. The molecule has 0 saturated carbocycles. The van der Waals surface area contributed by atoms with Gasteiger partial charge in [0.25, 0.3) is 0 Å². The first-order valence-corrected chi connectivity index (χ1v) is 12.7. The van der Waals surface area contributed by atoms with Crippen LogP contribution in [-0.2, 0) is 29.2 Å². The van der Waals surface area contributed by atoms with Gasteiger partial charge >= 0.3 is 0 Å². The number of aliphatic hydroxyl groups is 6. The standard InChI is InChI=1S/C30H38O7/c1-19-27(3,33)15-13-25(31)29(19,35)23-11-7-5-9-21(23)17-37-18-22-10-6-8-12-24(22)30(36)20(2)28(4,34)16-14-26(30)32/h5-14,19-20,31-36H,15-18H2,1-4H3. The molecule has 7 heteroatoms. The molecule has 0 radical (unpaired) electrons. The van der Waals surface area contributed by atoms with Crippen molar-refractivity contribution in [3.05, 3.63) is 94.5 Å². The van der Waals surface area contributed by atoms with Crippen LogP contribution in [0, 0.1) is 11.8 Å². The lowest BCUT2D eigenvalue weighted by atomic mass is 9.67. The monoisotopic (exact) mass is 510 g/mol. The third-order valence-electron chi connectivity index (χ3n) is 8.69. The average molecular weight is 511 g/mol. The first kappa shape index (κ1) is 27.4. The van der Waals surface area contributed by atoms with Crippen LogP contribution in [0.5, 0.6) is 0 Å². The molecule has 0 aromatic heterocycles. The SMILES string of the molecule is CC1C(C)(O)CC=C(O)C1(O)c1ccccc1COCc1ccccc1C1(O)C(O)=CCC(C)(O)C1C. The van der Waals surface area contributed by atoms with Gasteiger partial charge in [-0.1, -0.05) is 62.4 Å². The molecule has 4 rings (SSSR count). The number of hydrogen-bond donors (Lipinski definition) is 6. The Hall–Kier alpha value is -2.68. The van der Waals surface area contributed by atoms with Crippen LogP contribution >= 0.6 is 0 Å². The van der Waals surface area contributed by atoms with E-state index >= 15 is 0 Å². The minimum Gasteiger partial charge on any atom is -0.509 e. The molecule has 0 bridgehead atoms. The van der Waals surface area contributed by atoms with Crippen molar-refractivity contribution in [1.82, 2.24) is 0 Å². The van der Waals surface area contributed by atoms with E-state index in [1.54, 1.807) is 64.1 Å². The molecule has 0 spiro atoms. The maximum absolute atomic E-state index is 11.6. The predicted molar refractivity (Wildman–Crippen MR) is 139 cm³/mol. The minimum atomic E-state index is -1.78. The van der Waals surface area contributed by atoms with Gasteiger partial charge in [-0.15, -0.1) is 0 Å². The molecular weight excluding hydrogens is 472 g/mol. The molecule has 0 aliphatic heterocycles. The van der Waals surface area contributed by atoms with E-state index in [1.165, 1.54) is 12.2 Å². The maximum Gasteiger partial charge on any atom is 0.151 e. The molecule has 2 aromatic rings.